The Kier molecular flexibility index (Phi) is 3.81. The first kappa shape index (κ1) is 13.1. The molecule has 0 aromatic carbocycles. The summed E-state index contributed by atoms with van der Waals surface area (Å²) in [6.07, 6.45) is 2.64. The van der Waals surface area contributed by atoms with Crippen molar-refractivity contribution >= 4 is 5.82 Å². The second-order valence-electron chi connectivity index (χ2n) is 4.51. The molecule has 0 amide bonds. The Balaban J connectivity index is 2.13. The second kappa shape index (κ2) is 5.53. The first-order valence-corrected chi connectivity index (χ1v) is 6.18. The molecule has 2 aromatic heterocycles. The second-order valence-corrected chi connectivity index (χ2v) is 4.51. The number of nitrogens with zero attached hydrogens (tertiary/aromatic N) is 5. The van der Waals surface area contributed by atoms with Gasteiger partial charge in [0.15, 0.2) is 0 Å². The summed E-state index contributed by atoms with van der Waals surface area (Å²) in [6.45, 7) is 2.65. The van der Waals surface area contributed by atoms with Crippen LogP contribution < -0.4 is 4.90 Å². The van der Waals surface area contributed by atoms with Gasteiger partial charge in [0.1, 0.15) is 17.5 Å². The maximum absolute atomic E-state index is 9.20. The van der Waals surface area contributed by atoms with Crippen molar-refractivity contribution in [3.63, 3.8) is 0 Å². The molecule has 2 heterocycles. The van der Waals surface area contributed by atoms with Crippen LogP contribution >= 0.6 is 0 Å². The molecule has 0 spiro atoms. The zero-order chi connectivity index (χ0) is 13.8. The van der Waals surface area contributed by atoms with Gasteiger partial charge < -0.3 is 4.90 Å². The fraction of sp³-hybridized carbons (Fsp3) is 0.357. The van der Waals surface area contributed by atoms with Gasteiger partial charge in [0.2, 0.25) is 0 Å². The van der Waals surface area contributed by atoms with Crippen molar-refractivity contribution in [1.82, 2.24) is 14.8 Å². The fourth-order valence-corrected chi connectivity index (χ4v) is 2.15. The molecule has 5 nitrogen and oxygen atoms in total. The van der Waals surface area contributed by atoms with Crippen molar-refractivity contribution in [2.45, 2.75) is 13.3 Å². The highest BCUT2D eigenvalue weighted by Gasteiger charge is 2.16. The Morgan fingerprint density at radius 2 is 2.21 bits per heavy atom. The average Bonchev–Trinajstić information content (AvgIpc) is 2.71. The molecule has 0 unspecified atom stereocenters. The fourth-order valence-electron chi connectivity index (χ4n) is 2.15. The summed E-state index contributed by atoms with van der Waals surface area (Å²) >= 11 is 0. The molecular weight excluding hydrogens is 238 g/mol. The molecule has 0 aliphatic rings. The van der Waals surface area contributed by atoms with Crippen molar-refractivity contribution in [1.29, 1.82) is 5.26 Å². The molecule has 2 aromatic rings. The molecule has 0 saturated carbocycles. The average molecular weight is 255 g/mol. The number of aryl methyl sites for hydroxylation is 2. The highest BCUT2D eigenvalue weighted by Crippen LogP contribution is 2.21. The van der Waals surface area contributed by atoms with E-state index in [0.717, 1.165) is 30.2 Å². The van der Waals surface area contributed by atoms with Gasteiger partial charge in [-0.3, -0.25) is 9.67 Å². The predicted octanol–water partition coefficient (Wildman–Crippen LogP) is 1.67. The van der Waals surface area contributed by atoms with E-state index < -0.39 is 0 Å². The van der Waals surface area contributed by atoms with Gasteiger partial charge in [-0.05, 0) is 19.1 Å². The van der Waals surface area contributed by atoms with Crippen LogP contribution in [0.4, 0.5) is 5.82 Å². The summed E-state index contributed by atoms with van der Waals surface area (Å²) in [5.41, 5.74) is 2.46. The highest BCUT2D eigenvalue weighted by molar-refractivity contribution is 5.56. The number of hydrogen-bond acceptors (Lipinski definition) is 4. The number of pyridine rings is 1. The Bertz CT molecular complexity index is 594. The zero-order valence-electron chi connectivity index (χ0n) is 11.5. The monoisotopic (exact) mass is 255 g/mol. The summed E-state index contributed by atoms with van der Waals surface area (Å²) in [4.78, 5) is 6.35. The van der Waals surface area contributed by atoms with E-state index >= 15 is 0 Å². The molecule has 0 radical (unpaired) electrons. The molecule has 0 atom stereocenters. The van der Waals surface area contributed by atoms with Gasteiger partial charge in [-0.15, -0.1) is 0 Å². The topological polar surface area (TPSA) is 57.7 Å². The maximum atomic E-state index is 9.20. The number of nitriles is 1. The molecule has 19 heavy (non-hydrogen) atoms. The summed E-state index contributed by atoms with van der Waals surface area (Å²) in [7, 11) is 3.83. The molecule has 2 rings (SSSR count). The Morgan fingerprint density at radius 1 is 1.42 bits per heavy atom. The van der Waals surface area contributed by atoms with Gasteiger partial charge in [0.05, 0.1) is 5.69 Å². The lowest BCUT2D eigenvalue weighted by molar-refractivity contribution is 0.721. The summed E-state index contributed by atoms with van der Waals surface area (Å²) in [5, 5.41) is 13.5. The molecule has 0 aliphatic carbocycles. The van der Waals surface area contributed by atoms with Gasteiger partial charge in [-0.25, -0.2) is 0 Å². The third kappa shape index (κ3) is 2.74. The molecule has 0 N–H and O–H groups in total. The number of likely N-dealkylation sites (N-methyl/N-ethyl adjacent to an activating group) is 1. The van der Waals surface area contributed by atoms with E-state index in [1.54, 1.807) is 10.9 Å². The summed E-state index contributed by atoms with van der Waals surface area (Å²) < 4.78 is 1.76. The number of rotatable bonds is 4. The van der Waals surface area contributed by atoms with Crippen LogP contribution in [0.2, 0.25) is 0 Å². The van der Waals surface area contributed by atoms with Gasteiger partial charge in [-0.2, -0.15) is 10.4 Å². The SMILES string of the molecule is Cc1nn(C)c(N(C)CCc2ccccn2)c1C#N. The van der Waals surface area contributed by atoms with E-state index in [9.17, 15) is 5.26 Å². The van der Waals surface area contributed by atoms with Crippen LogP contribution in [0.5, 0.6) is 0 Å². The Morgan fingerprint density at radius 3 is 2.84 bits per heavy atom. The smallest absolute Gasteiger partial charge is 0.144 e. The third-order valence-corrected chi connectivity index (χ3v) is 3.09. The van der Waals surface area contributed by atoms with Crippen molar-refractivity contribution in [2.75, 3.05) is 18.5 Å². The van der Waals surface area contributed by atoms with Crippen LogP contribution in [-0.4, -0.2) is 28.4 Å². The molecule has 0 aliphatic heterocycles. The first-order valence-electron chi connectivity index (χ1n) is 6.18. The van der Waals surface area contributed by atoms with Crippen LogP contribution in [0.1, 0.15) is 17.0 Å². The molecule has 98 valence electrons. The van der Waals surface area contributed by atoms with Crippen molar-refractivity contribution in [3.05, 3.63) is 41.3 Å². The maximum Gasteiger partial charge on any atom is 0.144 e. The molecule has 0 fully saturated rings. The summed E-state index contributed by atoms with van der Waals surface area (Å²) in [5.74, 6) is 0.857. The van der Waals surface area contributed by atoms with Crippen molar-refractivity contribution in [2.24, 2.45) is 7.05 Å². The van der Waals surface area contributed by atoms with E-state index in [1.807, 2.05) is 44.1 Å². The van der Waals surface area contributed by atoms with Crippen molar-refractivity contribution in [3.8, 4) is 6.07 Å². The Labute approximate surface area is 113 Å². The van der Waals surface area contributed by atoms with E-state index in [0.29, 0.717) is 5.56 Å². The largest absolute Gasteiger partial charge is 0.358 e. The minimum atomic E-state index is 0.644. The molecule has 5 heteroatoms. The van der Waals surface area contributed by atoms with Crippen LogP contribution in [0.25, 0.3) is 0 Å². The van der Waals surface area contributed by atoms with Crippen LogP contribution in [-0.2, 0) is 13.5 Å². The minimum absolute atomic E-state index is 0.644. The van der Waals surface area contributed by atoms with Gasteiger partial charge in [0.25, 0.3) is 0 Å². The number of anilines is 1. The molecular formula is C14H17N5. The number of aromatic nitrogens is 3. The quantitative estimate of drug-likeness (QED) is 0.834. The van der Waals surface area contributed by atoms with Gasteiger partial charge in [0, 0.05) is 39.0 Å². The lowest BCUT2D eigenvalue weighted by atomic mass is 10.2. The van der Waals surface area contributed by atoms with Crippen LogP contribution in [0.15, 0.2) is 24.4 Å². The first-order chi connectivity index (χ1) is 9.13. The number of hydrogen-bond donors (Lipinski definition) is 0. The molecule has 0 saturated heterocycles. The third-order valence-electron chi connectivity index (χ3n) is 3.09. The zero-order valence-corrected chi connectivity index (χ0v) is 11.5. The van der Waals surface area contributed by atoms with E-state index in [4.69, 9.17) is 0 Å². The normalized spacial score (nSPS) is 10.2. The van der Waals surface area contributed by atoms with Gasteiger partial charge >= 0.3 is 0 Å². The Hall–Kier alpha value is -2.35. The standard InChI is InChI=1S/C14H17N5/c1-11-13(10-15)14(19(3)17-11)18(2)9-7-12-6-4-5-8-16-12/h4-6,8H,7,9H2,1-3H3. The highest BCUT2D eigenvalue weighted by atomic mass is 15.4. The van der Waals surface area contributed by atoms with E-state index in [2.05, 4.69) is 16.2 Å². The van der Waals surface area contributed by atoms with Crippen LogP contribution in [0, 0.1) is 18.3 Å². The minimum Gasteiger partial charge on any atom is -0.358 e. The van der Waals surface area contributed by atoms with Gasteiger partial charge in [-0.1, -0.05) is 6.07 Å². The van der Waals surface area contributed by atoms with Crippen LogP contribution in [0.3, 0.4) is 0 Å². The van der Waals surface area contributed by atoms with E-state index in [-0.39, 0.29) is 0 Å². The van der Waals surface area contributed by atoms with E-state index in [1.165, 1.54) is 0 Å². The summed E-state index contributed by atoms with van der Waals surface area (Å²) in [6, 6.07) is 8.12. The lowest BCUT2D eigenvalue weighted by Crippen LogP contribution is -2.23. The predicted molar refractivity (Wildman–Crippen MR) is 73.9 cm³/mol. The van der Waals surface area contributed by atoms with Crippen molar-refractivity contribution < 1.29 is 0 Å². The lowest BCUT2D eigenvalue weighted by Gasteiger charge is -2.19. The molecule has 0 bridgehead atoms.